The molecule has 1 fully saturated rings. The molecule has 0 spiro atoms. The van der Waals surface area contributed by atoms with Crippen LogP contribution in [0.5, 0.6) is 0 Å². The molecule has 1 aromatic rings. The number of carbonyl (C=O) groups is 1. The lowest BCUT2D eigenvalue weighted by atomic mass is 10.1. The largest absolute Gasteiger partial charge is 0.447 e. The lowest BCUT2D eigenvalue weighted by Crippen LogP contribution is -2.40. The van der Waals surface area contributed by atoms with Gasteiger partial charge in [-0.3, -0.25) is 4.68 Å². The molecule has 6 heteroatoms. The first kappa shape index (κ1) is 15.1. The average molecular weight is 288 g/mol. The van der Waals surface area contributed by atoms with E-state index in [4.69, 9.17) is 4.74 Å². The number of likely N-dealkylation sites (tertiary alicyclic amines) is 1. The van der Waals surface area contributed by atoms with Crippen LogP contribution >= 0.6 is 0 Å². The number of hydrogen-bond acceptors (Lipinski definition) is 4. The van der Waals surface area contributed by atoms with Crippen molar-refractivity contribution in [2.45, 2.75) is 38.8 Å². The molecule has 2 heterocycles. The Morgan fingerprint density at radius 1 is 1.57 bits per heavy atom. The molecule has 6 nitrogen and oxygen atoms in total. The summed E-state index contributed by atoms with van der Waals surface area (Å²) in [6, 6.07) is 2.31. The van der Waals surface area contributed by atoms with Crippen LogP contribution in [0, 0.1) is 11.3 Å². The van der Waals surface area contributed by atoms with Gasteiger partial charge in [0.05, 0.1) is 18.3 Å². The molecule has 0 aliphatic carbocycles. The third kappa shape index (κ3) is 3.24. The second-order valence-corrected chi connectivity index (χ2v) is 5.36. The molecule has 21 heavy (non-hydrogen) atoms. The fourth-order valence-corrected chi connectivity index (χ4v) is 2.49. The van der Waals surface area contributed by atoms with Crippen LogP contribution in [-0.2, 0) is 4.74 Å². The van der Waals surface area contributed by atoms with Crippen molar-refractivity contribution >= 4 is 12.2 Å². The van der Waals surface area contributed by atoms with Crippen LogP contribution in [0.2, 0.25) is 0 Å². The zero-order valence-electron chi connectivity index (χ0n) is 12.5. The van der Waals surface area contributed by atoms with E-state index in [2.05, 4.69) is 17.7 Å². The Morgan fingerprint density at radius 2 is 2.24 bits per heavy atom. The number of amides is 1. The molecule has 2 rings (SSSR count). The number of carbonyl (C=O) groups excluding carboxylic acids is 1. The Labute approximate surface area is 124 Å². The highest BCUT2D eigenvalue weighted by atomic mass is 16.6. The first-order valence-electron chi connectivity index (χ1n) is 7.12. The molecule has 1 aliphatic rings. The first-order chi connectivity index (χ1) is 10.1. The van der Waals surface area contributed by atoms with Crippen molar-refractivity contribution in [3.05, 3.63) is 24.0 Å². The van der Waals surface area contributed by atoms with Crippen LogP contribution < -0.4 is 0 Å². The lowest BCUT2D eigenvalue weighted by Gasteiger charge is -2.32. The van der Waals surface area contributed by atoms with E-state index in [9.17, 15) is 10.1 Å². The summed E-state index contributed by atoms with van der Waals surface area (Å²) in [5.41, 5.74) is 1.28. The van der Waals surface area contributed by atoms with E-state index in [1.54, 1.807) is 21.9 Å². The summed E-state index contributed by atoms with van der Waals surface area (Å²) < 4.78 is 6.95. The van der Waals surface area contributed by atoms with Crippen LogP contribution in [0.25, 0.3) is 6.08 Å². The van der Waals surface area contributed by atoms with Crippen molar-refractivity contribution in [2.24, 2.45) is 0 Å². The van der Waals surface area contributed by atoms with Crippen molar-refractivity contribution in [3.63, 3.8) is 0 Å². The number of aromatic nitrogens is 2. The quantitative estimate of drug-likeness (QED) is 0.857. The van der Waals surface area contributed by atoms with Gasteiger partial charge in [-0.15, -0.1) is 0 Å². The SMILES string of the molecule is C=Cc1cnn(C2CCN(C(=O)OC(C)C)CC2)c1C#N. The third-order valence-electron chi connectivity index (χ3n) is 3.55. The van der Waals surface area contributed by atoms with Crippen LogP contribution in [0.4, 0.5) is 4.79 Å². The zero-order valence-corrected chi connectivity index (χ0v) is 12.5. The predicted molar refractivity (Wildman–Crippen MR) is 78.5 cm³/mol. The molecule has 1 aromatic heterocycles. The summed E-state index contributed by atoms with van der Waals surface area (Å²) in [6.07, 6.45) is 4.44. The highest BCUT2D eigenvalue weighted by Gasteiger charge is 2.27. The Balaban J connectivity index is 2.02. The minimum Gasteiger partial charge on any atom is -0.447 e. The van der Waals surface area contributed by atoms with Crippen molar-refractivity contribution in [1.82, 2.24) is 14.7 Å². The minimum atomic E-state index is -0.267. The van der Waals surface area contributed by atoms with Gasteiger partial charge in [-0.1, -0.05) is 12.7 Å². The molecule has 1 saturated heterocycles. The second kappa shape index (κ2) is 6.44. The van der Waals surface area contributed by atoms with E-state index < -0.39 is 0 Å². The van der Waals surface area contributed by atoms with Gasteiger partial charge in [-0.25, -0.2) is 4.79 Å². The Bertz CT molecular complexity index is 563. The van der Waals surface area contributed by atoms with Gasteiger partial charge in [0, 0.05) is 18.7 Å². The molecule has 0 radical (unpaired) electrons. The second-order valence-electron chi connectivity index (χ2n) is 5.36. The van der Waals surface area contributed by atoms with Crippen LogP contribution in [0.1, 0.15) is 44.0 Å². The number of nitriles is 1. The lowest BCUT2D eigenvalue weighted by molar-refractivity contribution is 0.0653. The summed E-state index contributed by atoms with van der Waals surface area (Å²) in [5, 5.41) is 13.5. The van der Waals surface area contributed by atoms with E-state index in [-0.39, 0.29) is 18.2 Å². The zero-order chi connectivity index (χ0) is 15.4. The molecule has 0 unspecified atom stereocenters. The predicted octanol–water partition coefficient (Wildman–Crippen LogP) is 2.58. The van der Waals surface area contributed by atoms with Gasteiger partial charge >= 0.3 is 6.09 Å². The smallest absolute Gasteiger partial charge is 0.410 e. The molecular weight excluding hydrogens is 268 g/mol. The van der Waals surface area contributed by atoms with Gasteiger partial charge in [0.25, 0.3) is 0 Å². The van der Waals surface area contributed by atoms with Gasteiger partial charge in [0.2, 0.25) is 0 Å². The van der Waals surface area contributed by atoms with Crippen molar-refractivity contribution in [1.29, 1.82) is 5.26 Å². The van der Waals surface area contributed by atoms with E-state index in [1.165, 1.54) is 0 Å². The van der Waals surface area contributed by atoms with Gasteiger partial charge in [0.15, 0.2) is 0 Å². The molecule has 0 saturated carbocycles. The number of rotatable bonds is 3. The Morgan fingerprint density at radius 3 is 2.76 bits per heavy atom. The highest BCUT2D eigenvalue weighted by molar-refractivity contribution is 5.67. The monoisotopic (exact) mass is 288 g/mol. The maximum atomic E-state index is 11.8. The van der Waals surface area contributed by atoms with Crippen molar-refractivity contribution in [2.75, 3.05) is 13.1 Å². The van der Waals surface area contributed by atoms with Crippen molar-refractivity contribution < 1.29 is 9.53 Å². The molecular formula is C15H20N4O2. The minimum absolute atomic E-state index is 0.110. The molecule has 112 valence electrons. The Hall–Kier alpha value is -2.29. The number of ether oxygens (including phenoxy) is 1. The van der Waals surface area contributed by atoms with Crippen LogP contribution in [0.15, 0.2) is 12.8 Å². The van der Waals surface area contributed by atoms with E-state index in [1.807, 2.05) is 13.8 Å². The average Bonchev–Trinajstić information content (AvgIpc) is 2.89. The maximum absolute atomic E-state index is 11.8. The molecule has 1 aliphatic heterocycles. The van der Waals surface area contributed by atoms with Crippen molar-refractivity contribution in [3.8, 4) is 6.07 Å². The van der Waals surface area contributed by atoms with E-state index in [0.29, 0.717) is 18.8 Å². The van der Waals surface area contributed by atoms with E-state index in [0.717, 1.165) is 18.4 Å². The normalized spacial score (nSPS) is 15.8. The summed E-state index contributed by atoms with van der Waals surface area (Å²) in [5.74, 6) is 0. The van der Waals surface area contributed by atoms with E-state index >= 15 is 0 Å². The topological polar surface area (TPSA) is 71.2 Å². The summed E-state index contributed by atoms with van der Waals surface area (Å²) in [7, 11) is 0. The van der Waals surface area contributed by atoms with Crippen LogP contribution in [-0.4, -0.2) is 40.0 Å². The molecule has 0 aromatic carbocycles. The number of nitrogens with zero attached hydrogens (tertiary/aromatic N) is 4. The molecule has 0 bridgehead atoms. The Kier molecular flexibility index (Phi) is 4.63. The third-order valence-corrected chi connectivity index (χ3v) is 3.55. The molecule has 0 N–H and O–H groups in total. The van der Waals surface area contributed by atoms with Gasteiger partial charge < -0.3 is 9.64 Å². The summed E-state index contributed by atoms with van der Waals surface area (Å²) >= 11 is 0. The fourth-order valence-electron chi connectivity index (χ4n) is 2.49. The number of piperidine rings is 1. The first-order valence-corrected chi connectivity index (χ1v) is 7.12. The van der Waals surface area contributed by atoms with Crippen LogP contribution in [0.3, 0.4) is 0 Å². The maximum Gasteiger partial charge on any atom is 0.410 e. The van der Waals surface area contributed by atoms with Gasteiger partial charge in [0.1, 0.15) is 11.8 Å². The fraction of sp³-hybridized carbons (Fsp3) is 0.533. The highest BCUT2D eigenvalue weighted by Crippen LogP contribution is 2.25. The number of hydrogen-bond donors (Lipinski definition) is 0. The van der Waals surface area contributed by atoms with Gasteiger partial charge in [-0.2, -0.15) is 10.4 Å². The summed E-state index contributed by atoms with van der Waals surface area (Å²) in [4.78, 5) is 13.5. The molecule has 1 amide bonds. The molecule has 0 atom stereocenters. The summed E-state index contributed by atoms with van der Waals surface area (Å²) in [6.45, 7) is 8.59. The standard InChI is InChI=1S/C15H20N4O2/c1-4-12-10-17-19(14(12)9-16)13-5-7-18(8-6-13)15(20)21-11(2)3/h4,10-11,13H,1,5-8H2,2-3H3. The van der Waals surface area contributed by atoms with Gasteiger partial charge in [-0.05, 0) is 26.7 Å².